The third-order valence-electron chi connectivity index (χ3n) is 4.40. The highest BCUT2D eigenvalue weighted by atomic mass is 79.9. The minimum absolute atomic E-state index is 0.134. The summed E-state index contributed by atoms with van der Waals surface area (Å²) in [5.74, 6) is -3.00. The van der Waals surface area contributed by atoms with Gasteiger partial charge in [0.05, 0.1) is 35.7 Å². The molecule has 9 nitrogen and oxygen atoms in total. The number of alkyl halides is 3. The number of hydrogen-bond donors (Lipinski definition) is 2. The zero-order chi connectivity index (χ0) is 25.4. The van der Waals surface area contributed by atoms with E-state index in [0.29, 0.717) is 19.0 Å². The highest BCUT2D eigenvalue weighted by molar-refractivity contribution is 9.10. The average molecular weight is 568 g/mol. The van der Waals surface area contributed by atoms with Gasteiger partial charge in [0, 0.05) is 24.0 Å². The van der Waals surface area contributed by atoms with Crippen LogP contribution in [0.25, 0.3) is 0 Å². The Hall–Kier alpha value is -2.71. The van der Waals surface area contributed by atoms with Gasteiger partial charge < -0.3 is 20.1 Å². The number of carbonyl (C=O) groups is 2. The molecule has 1 fully saturated rings. The van der Waals surface area contributed by atoms with Crippen LogP contribution in [0.5, 0.6) is 0 Å². The summed E-state index contributed by atoms with van der Waals surface area (Å²) >= 11 is 3.27. The second kappa shape index (κ2) is 12.1. The van der Waals surface area contributed by atoms with Crippen molar-refractivity contribution in [2.24, 2.45) is 0 Å². The van der Waals surface area contributed by atoms with E-state index in [2.05, 4.69) is 31.1 Å². The van der Waals surface area contributed by atoms with Gasteiger partial charge in [-0.1, -0.05) is 15.9 Å². The number of anilines is 2. The van der Waals surface area contributed by atoms with E-state index in [0.717, 1.165) is 23.2 Å². The Bertz CT molecular complexity index is 1070. The van der Waals surface area contributed by atoms with E-state index in [4.69, 9.17) is 14.6 Å². The van der Waals surface area contributed by atoms with Gasteiger partial charge >= 0.3 is 12.1 Å². The second-order valence-corrected chi connectivity index (χ2v) is 9.90. The number of nitrogens with zero attached hydrogens (tertiary/aromatic N) is 2. The summed E-state index contributed by atoms with van der Waals surface area (Å²) in [4.78, 5) is 27.6. The quantitative estimate of drug-likeness (QED) is 0.545. The normalized spacial score (nSPS) is 14.1. The minimum Gasteiger partial charge on any atom is -0.475 e. The number of carbonyl (C=O) groups excluding carboxylic acids is 1. The largest absolute Gasteiger partial charge is 0.490 e. The highest BCUT2D eigenvalue weighted by Gasteiger charge is 2.38. The van der Waals surface area contributed by atoms with Crippen LogP contribution >= 0.6 is 15.9 Å². The van der Waals surface area contributed by atoms with E-state index in [1.165, 1.54) is 12.1 Å². The summed E-state index contributed by atoms with van der Waals surface area (Å²) in [6.07, 6.45) is -3.52. The van der Waals surface area contributed by atoms with E-state index in [1.807, 2.05) is 6.07 Å². The topological polar surface area (TPSA) is 126 Å². The molecule has 1 aromatic carbocycles. The number of carboxylic acids is 1. The van der Waals surface area contributed by atoms with E-state index in [-0.39, 0.29) is 23.0 Å². The Morgan fingerprint density at radius 3 is 2.21 bits per heavy atom. The van der Waals surface area contributed by atoms with Crippen LogP contribution in [0.1, 0.15) is 6.42 Å². The molecule has 0 bridgehead atoms. The summed E-state index contributed by atoms with van der Waals surface area (Å²) in [6.45, 7) is 2.99. The lowest BCUT2D eigenvalue weighted by molar-refractivity contribution is -0.192. The van der Waals surface area contributed by atoms with Crippen LogP contribution in [0.3, 0.4) is 0 Å². The lowest BCUT2D eigenvalue weighted by Gasteiger charge is -2.28. The molecule has 1 saturated heterocycles. The highest BCUT2D eigenvalue weighted by Crippen LogP contribution is 2.18. The zero-order valence-corrected chi connectivity index (χ0v) is 20.0. The fourth-order valence-corrected chi connectivity index (χ4v) is 4.17. The van der Waals surface area contributed by atoms with Crippen molar-refractivity contribution < 1.29 is 41.0 Å². The zero-order valence-electron chi connectivity index (χ0n) is 17.6. The summed E-state index contributed by atoms with van der Waals surface area (Å²) < 4.78 is 62.4. The first kappa shape index (κ1) is 27.5. The summed E-state index contributed by atoms with van der Waals surface area (Å²) in [7, 11) is -3.51. The lowest BCUT2D eigenvalue weighted by Crippen LogP contribution is -2.36. The van der Waals surface area contributed by atoms with Gasteiger partial charge in [0.15, 0.2) is 9.84 Å². The molecule has 0 unspecified atom stereocenters. The standard InChI is InChI=1S/C18H20BrN3O4S.C2HF3O2/c19-14-1-4-16(5-2-14)27(24,25)12-7-18(23)21-17-6-3-15(13-20-17)22-8-10-26-11-9-22;3-2(4,5)1(6)7/h1-6,13H,7-12H2,(H,20,21,23);(H,6,7). The molecular formula is C20H21BrF3N3O6S. The van der Waals surface area contributed by atoms with Crippen molar-refractivity contribution in [3.05, 3.63) is 47.1 Å². The number of ether oxygens (including phenoxy) is 1. The number of sulfone groups is 1. The molecule has 2 N–H and O–H groups in total. The molecular weight excluding hydrogens is 547 g/mol. The number of aliphatic carboxylic acids is 1. The van der Waals surface area contributed by atoms with Gasteiger partial charge in [-0.05, 0) is 36.4 Å². The monoisotopic (exact) mass is 567 g/mol. The van der Waals surface area contributed by atoms with E-state index in [9.17, 15) is 26.4 Å². The van der Waals surface area contributed by atoms with Crippen molar-refractivity contribution >= 4 is 49.1 Å². The van der Waals surface area contributed by atoms with Crippen LogP contribution in [0.4, 0.5) is 24.7 Å². The van der Waals surface area contributed by atoms with Crippen molar-refractivity contribution in [1.29, 1.82) is 0 Å². The fraction of sp³-hybridized carbons (Fsp3) is 0.350. The summed E-state index contributed by atoms with van der Waals surface area (Å²) in [5.41, 5.74) is 0.967. The number of amides is 1. The van der Waals surface area contributed by atoms with Crippen molar-refractivity contribution in [2.75, 3.05) is 42.3 Å². The predicted octanol–water partition coefficient (Wildman–Crippen LogP) is 3.12. The average Bonchev–Trinajstić information content (AvgIpc) is 2.79. The third-order valence-corrected chi connectivity index (χ3v) is 6.67. The summed E-state index contributed by atoms with van der Waals surface area (Å²) in [5, 5.41) is 9.77. The van der Waals surface area contributed by atoms with E-state index < -0.39 is 22.0 Å². The van der Waals surface area contributed by atoms with Gasteiger partial charge in [-0.2, -0.15) is 13.2 Å². The van der Waals surface area contributed by atoms with Crippen LogP contribution in [0.2, 0.25) is 0 Å². The van der Waals surface area contributed by atoms with Crippen LogP contribution < -0.4 is 10.2 Å². The van der Waals surface area contributed by atoms with E-state index in [1.54, 1.807) is 24.4 Å². The van der Waals surface area contributed by atoms with Gasteiger partial charge in [-0.25, -0.2) is 18.2 Å². The first-order chi connectivity index (χ1) is 15.9. The molecule has 34 heavy (non-hydrogen) atoms. The Kier molecular flexibility index (Phi) is 9.82. The Balaban J connectivity index is 0.000000509. The number of nitrogens with one attached hydrogen (secondary N) is 1. The van der Waals surface area contributed by atoms with Crippen LogP contribution in [0, 0.1) is 0 Å². The molecule has 3 rings (SSSR count). The molecule has 1 aliphatic rings. The Labute approximate surface area is 202 Å². The molecule has 0 saturated carbocycles. The van der Waals surface area contributed by atoms with Crippen LogP contribution in [-0.2, 0) is 24.2 Å². The third kappa shape index (κ3) is 8.91. The number of aromatic nitrogens is 1. The van der Waals surface area contributed by atoms with Crippen LogP contribution in [0.15, 0.2) is 52.0 Å². The maximum absolute atomic E-state index is 12.3. The number of pyridine rings is 1. The molecule has 1 aromatic heterocycles. The van der Waals surface area contributed by atoms with Gasteiger partial charge in [0.2, 0.25) is 5.91 Å². The first-order valence-electron chi connectivity index (χ1n) is 9.75. The van der Waals surface area contributed by atoms with Crippen molar-refractivity contribution in [1.82, 2.24) is 4.98 Å². The molecule has 1 amide bonds. The summed E-state index contributed by atoms with van der Waals surface area (Å²) in [6, 6.07) is 9.95. The molecule has 0 aliphatic carbocycles. The number of benzene rings is 1. The second-order valence-electron chi connectivity index (χ2n) is 6.87. The molecule has 0 spiro atoms. The van der Waals surface area contributed by atoms with E-state index >= 15 is 0 Å². The van der Waals surface area contributed by atoms with Gasteiger partial charge in [-0.3, -0.25) is 4.79 Å². The predicted molar refractivity (Wildman–Crippen MR) is 120 cm³/mol. The lowest BCUT2D eigenvalue weighted by atomic mass is 10.3. The van der Waals surface area contributed by atoms with Crippen molar-refractivity contribution in [3.63, 3.8) is 0 Å². The molecule has 2 aromatic rings. The number of carboxylic acid groups (broad SMARTS) is 1. The minimum atomic E-state index is -5.08. The van der Waals surface area contributed by atoms with Crippen molar-refractivity contribution in [2.45, 2.75) is 17.5 Å². The SMILES string of the molecule is O=C(CCS(=O)(=O)c1ccc(Br)cc1)Nc1ccc(N2CCOCC2)cn1.O=C(O)C(F)(F)F. The van der Waals surface area contributed by atoms with Crippen molar-refractivity contribution in [3.8, 4) is 0 Å². The number of halogens is 4. The number of morpholine rings is 1. The van der Waals surface area contributed by atoms with Gasteiger partial charge in [0.1, 0.15) is 5.82 Å². The first-order valence-corrected chi connectivity index (χ1v) is 12.2. The number of hydrogen-bond acceptors (Lipinski definition) is 7. The van der Waals surface area contributed by atoms with Gasteiger partial charge in [-0.15, -0.1) is 0 Å². The fourth-order valence-electron chi connectivity index (χ4n) is 2.66. The maximum atomic E-state index is 12.3. The molecule has 186 valence electrons. The van der Waals surface area contributed by atoms with Gasteiger partial charge in [0.25, 0.3) is 0 Å². The molecule has 0 radical (unpaired) electrons. The molecule has 0 atom stereocenters. The molecule has 2 heterocycles. The Morgan fingerprint density at radius 1 is 1.12 bits per heavy atom. The smallest absolute Gasteiger partial charge is 0.475 e. The molecule has 1 aliphatic heterocycles. The Morgan fingerprint density at radius 2 is 1.71 bits per heavy atom. The number of rotatable bonds is 6. The molecule has 14 heteroatoms. The maximum Gasteiger partial charge on any atom is 0.490 e. The van der Waals surface area contributed by atoms with Crippen LogP contribution in [-0.4, -0.2) is 68.6 Å².